The van der Waals surface area contributed by atoms with Gasteiger partial charge in [-0.15, -0.1) is 0 Å². The van der Waals surface area contributed by atoms with Gasteiger partial charge in [-0.25, -0.2) is 4.99 Å². The predicted octanol–water partition coefficient (Wildman–Crippen LogP) is 2.40. The number of guanidine groups is 1. The predicted molar refractivity (Wildman–Crippen MR) is 103 cm³/mol. The van der Waals surface area contributed by atoms with E-state index in [4.69, 9.17) is 26.8 Å². The van der Waals surface area contributed by atoms with Crippen LogP contribution >= 0.6 is 11.6 Å². The lowest BCUT2D eigenvalue weighted by Gasteiger charge is -2.09. The van der Waals surface area contributed by atoms with E-state index in [0.29, 0.717) is 23.0 Å². The Kier molecular flexibility index (Phi) is 7.11. The summed E-state index contributed by atoms with van der Waals surface area (Å²) in [6.07, 6.45) is 0. The zero-order chi connectivity index (χ0) is 18.9. The molecule has 0 aliphatic heterocycles. The van der Waals surface area contributed by atoms with E-state index in [9.17, 15) is 4.79 Å². The molecule has 0 aliphatic rings. The Hall–Kier alpha value is -2.93. The number of carbonyl (C=O) groups is 1. The minimum atomic E-state index is -0.238. The molecular formula is C18H21ClN4O3. The number of benzene rings is 2. The van der Waals surface area contributed by atoms with Crippen LogP contribution < -0.4 is 25.8 Å². The maximum Gasteiger partial charge on any atom is 0.242 e. The molecule has 0 aromatic heterocycles. The van der Waals surface area contributed by atoms with Gasteiger partial charge >= 0.3 is 0 Å². The van der Waals surface area contributed by atoms with Gasteiger partial charge in [0.15, 0.2) is 5.96 Å². The normalized spacial score (nSPS) is 11.0. The van der Waals surface area contributed by atoms with Gasteiger partial charge in [-0.2, -0.15) is 0 Å². The number of aliphatic imine (C=N–C) groups is 1. The van der Waals surface area contributed by atoms with Crippen LogP contribution in [0.3, 0.4) is 0 Å². The minimum Gasteiger partial charge on any atom is -0.497 e. The van der Waals surface area contributed by atoms with Crippen LogP contribution in [-0.2, 0) is 11.3 Å². The Morgan fingerprint density at radius 2 is 1.88 bits per heavy atom. The molecule has 0 aliphatic carbocycles. The number of rotatable bonds is 7. The summed E-state index contributed by atoms with van der Waals surface area (Å²) in [4.78, 5) is 15.9. The lowest BCUT2D eigenvalue weighted by Crippen LogP contribution is -2.28. The molecule has 4 N–H and O–H groups in total. The van der Waals surface area contributed by atoms with Crippen LogP contribution in [0.1, 0.15) is 5.56 Å². The van der Waals surface area contributed by atoms with Crippen LogP contribution in [0.4, 0.5) is 5.69 Å². The van der Waals surface area contributed by atoms with Gasteiger partial charge in [0.25, 0.3) is 0 Å². The van der Waals surface area contributed by atoms with Crippen molar-refractivity contribution < 1.29 is 14.3 Å². The number of nitrogens with two attached hydrogens (primary N) is 1. The molecule has 0 saturated carbocycles. The Labute approximate surface area is 157 Å². The van der Waals surface area contributed by atoms with Crippen molar-refractivity contribution in [3.63, 3.8) is 0 Å². The number of hydrogen-bond donors (Lipinski definition) is 3. The number of anilines is 1. The molecule has 0 bridgehead atoms. The van der Waals surface area contributed by atoms with Gasteiger partial charge in [0, 0.05) is 12.2 Å². The average molecular weight is 377 g/mol. The average Bonchev–Trinajstić information content (AvgIpc) is 2.65. The molecule has 0 fully saturated rings. The Balaban J connectivity index is 1.81. The summed E-state index contributed by atoms with van der Waals surface area (Å²) in [6, 6.07) is 12.5. The van der Waals surface area contributed by atoms with Crippen molar-refractivity contribution >= 4 is 29.2 Å². The monoisotopic (exact) mass is 376 g/mol. The van der Waals surface area contributed by atoms with E-state index in [0.717, 1.165) is 11.3 Å². The summed E-state index contributed by atoms with van der Waals surface area (Å²) in [5.74, 6) is 1.21. The summed E-state index contributed by atoms with van der Waals surface area (Å²) in [5.41, 5.74) is 7.39. The van der Waals surface area contributed by atoms with Gasteiger partial charge in [0.2, 0.25) is 5.91 Å². The smallest absolute Gasteiger partial charge is 0.242 e. The number of ether oxygens (including phenoxy) is 2. The minimum absolute atomic E-state index is 0.0844. The summed E-state index contributed by atoms with van der Waals surface area (Å²) in [7, 11) is 3.14. The standard InChI is InChI=1S/C18H21ClN4O3/c1-25-14-6-3-12(4-7-14)10-21-17(24)11-22-18(20)23-13-5-8-16(26-2)15(19)9-13/h3-9H,10-11H2,1-2H3,(H,21,24)(H3,20,22,23). The summed E-state index contributed by atoms with van der Waals surface area (Å²) in [5, 5.41) is 6.09. The molecule has 2 aromatic rings. The van der Waals surface area contributed by atoms with Crippen LogP contribution in [0.25, 0.3) is 0 Å². The van der Waals surface area contributed by atoms with Crippen molar-refractivity contribution in [1.82, 2.24) is 5.32 Å². The van der Waals surface area contributed by atoms with Crippen LogP contribution in [0.15, 0.2) is 47.5 Å². The van der Waals surface area contributed by atoms with Crippen molar-refractivity contribution in [2.75, 3.05) is 26.1 Å². The van der Waals surface area contributed by atoms with Crippen molar-refractivity contribution in [3.8, 4) is 11.5 Å². The number of halogens is 1. The van der Waals surface area contributed by atoms with Gasteiger partial charge in [-0.05, 0) is 35.9 Å². The van der Waals surface area contributed by atoms with Gasteiger partial charge in [-0.1, -0.05) is 23.7 Å². The van der Waals surface area contributed by atoms with Crippen LogP contribution in [0.2, 0.25) is 5.02 Å². The molecule has 0 atom stereocenters. The molecule has 0 saturated heterocycles. The van der Waals surface area contributed by atoms with Crippen molar-refractivity contribution in [3.05, 3.63) is 53.1 Å². The largest absolute Gasteiger partial charge is 0.497 e. The molecule has 7 nitrogen and oxygen atoms in total. The first-order valence-electron chi connectivity index (χ1n) is 7.82. The summed E-state index contributed by atoms with van der Waals surface area (Å²) in [6.45, 7) is 0.318. The van der Waals surface area contributed by atoms with E-state index in [1.165, 1.54) is 7.11 Å². The maximum absolute atomic E-state index is 11.9. The first kappa shape index (κ1) is 19.4. The van der Waals surface area contributed by atoms with E-state index in [2.05, 4.69) is 15.6 Å². The number of nitrogens with zero attached hydrogens (tertiary/aromatic N) is 1. The lowest BCUT2D eigenvalue weighted by molar-refractivity contribution is -0.119. The molecule has 8 heteroatoms. The third-order valence-corrected chi connectivity index (χ3v) is 3.76. The molecule has 0 unspecified atom stereocenters. The van der Waals surface area contributed by atoms with Crippen LogP contribution in [-0.4, -0.2) is 32.6 Å². The van der Waals surface area contributed by atoms with Crippen molar-refractivity contribution in [1.29, 1.82) is 0 Å². The van der Waals surface area contributed by atoms with Crippen LogP contribution in [0, 0.1) is 0 Å². The first-order valence-corrected chi connectivity index (χ1v) is 8.19. The fourth-order valence-corrected chi connectivity index (χ4v) is 2.35. The van der Waals surface area contributed by atoms with Gasteiger partial charge in [0.05, 0.1) is 19.2 Å². The van der Waals surface area contributed by atoms with E-state index < -0.39 is 0 Å². The third-order valence-electron chi connectivity index (χ3n) is 3.47. The summed E-state index contributed by atoms with van der Waals surface area (Å²) >= 11 is 6.04. The molecule has 2 rings (SSSR count). The molecule has 26 heavy (non-hydrogen) atoms. The number of hydrogen-bond acceptors (Lipinski definition) is 4. The Bertz CT molecular complexity index is 779. The molecule has 2 aromatic carbocycles. The topological polar surface area (TPSA) is 98.0 Å². The number of methoxy groups -OCH3 is 2. The molecule has 138 valence electrons. The van der Waals surface area contributed by atoms with E-state index in [-0.39, 0.29) is 18.4 Å². The quantitative estimate of drug-likeness (QED) is 0.509. The number of nitrogens with one attached hydrogen (secondary N) is 2. The third kappa shape index (κ3) is 5.86. The second kappa shape index (κ2) is 9.53. The summed E-state index contributed by atoms with van der Waals surface area (Å²) < 4.78 is 10.2. The second-order valence-corrected chi connectivity index (χ2v) is 5.71. The molecule has 0 radical (unpaired) electrons. The zero-order valence-electron chi connectivity index (χ0n) is 14.6. The van der Waals surface area contributed by atoms with E-state index in [1.807, 2.05) is 24.3 Å². The van der Waals surface area contributed by atoms with Gasteiger partial charge in [-0.3, -0.25) is 4.79 Å². The van der Waals surface area contributed by atoms with E-state index in [1.54, 1.807) is 25.3 Å². The maximum atomic E-state index is 11.9. The highest BCUT2D eigenvalue weighted by molar-refractivity contribution is 6.32. The fourth-order valence-electron chi connectivity index (χ4n) is 2.09. The number of carbonyl (C=O) groups excluding carboxylic acids is 1. The highest BCUT2D eigenvalue weighted by atomic mass is 35.5. The van der Waals surface area contributed by atoms with Crippen molar-refractivity contribution in [2.24, 2.45) is 10.7 Å². The first-order chi connectivity index (χ1) is 12.5. The number of amides is 1. The van der Waals surface area contributed by atoms with Gasteiger partial charge in [0.1, 0.15) is 18.0 Å². The van der Waals surface area contributed by atoms with Gasteiger partial charge < -0.3 is 25.8 Å². The van der Waals surface area contributed by atoms with Crippen LogP contribution in [0.5, 0.6) is 11.5 Å². The lowest BCUT2D eigenvalue weighted by atomic mass is 10.2. The Morgan fingerprint density at radius 1 is 1.15 bits per heavy atom. The molecule has 0 spiro atoms. The van der Waals surface area contributed by atoms with E-state index >= 15 is 0 Å². The molecular weight excluding hydrogens is 356 g/mol. The Morgan fingerprint density at radius 3 is 2.50 bits per heavy atom. The second-order valence-electron chi connectivity index (χ2n) is 5.30. The SMILES string of the molecule is COc1ccc(CNC(=O)CN=C(N)Nc2ccc(OC)c(Cl)c2)cc1. The molecule has 1 amide bonds. The highest BCUT2D eigenvalue weighted by Crippen LogP contribution is 2.26. The fraction of sp³-hybridized carbons (Fsp3) is 0.222. The zero-order valence-corrected chi connectivity index (χ0v) is 15.3. The van der Waals surface area contributed by atoms with Crippen molar-refractivity contribution in [2.45, 2.75) is 6.54 Å². The highest BCUT2D eigenvalue weighted by Gasteiger charge is 2.04. The molecule has 0 heterocycles.